The summed E-state index contributed by atoms with van der Waals surface area (Å²) >= 11 is 0. The molecule has 0 amide bonds. The third kappa shape index (κ3) is 2.37. The first kappa shape index (κ1) is 11.6. The van der Waals surface area contributed by atoms with E-state index in [-0.39, 0.29) is 0 Å². The van der Waals surface area contributed by atoms with Crippen molar-refractivity contribution in [3.63, 3.8) is 0 Å². The largest absolute Gasteiger partial charge is 0.467 e. The van der Waals surface area contributed by atoms with Crippen LogP contribution >= 0.6 is 0 Å². The van der Waals surface area contributed by atoms with Crippen molar-refractivity contribution in [1.29, 1.82) is 0 Å². The maximum Gasteiger partial charge on any atom is 0.260 e. The minimum atomic E-state index is 0.331. The Kier molecular flexibility index (Phi) is 3.06. The lowest BCUT2D eigenvalue weighted by atomic mass is 10.5. The van der Waals surface area contributed by atoms with Crippen LogP contribution in [-0.4, -0.2) is 20.9 Å². The zero-order chi connectivity index (χ0) is 13.1. The van der Waals surface area contributed by atoms with Crippen molar-refractivity contribution >= 4 is 11.5 Å². The Morgan fingerprint density at radius 1 is 1.47 bits per heavy atom. The number of hydrogen-bond acceptors (Lipinski definition) is 5. The molecule has 0 aromatic carbocycles. The highest BCUT2D eigenvalue weighted by molar-refractivity contribution is 5.53. The van der Waals surface area contributed by atoms with E-state index in [0.29, 0.717) is 18.1 Å². The Hall–Kier alpha value is -2.50. The molecule has 1 N–H and O–H groups in total. The van der Waals surface area contributed by atoms with Crippen LogP contribution in [-0.2, 0) is 6.61 Å². The van der Waals surface area contributed by atoms with Gasteiger partial charge < -0.3 is 14.5 Å². The summed E-state index contributed by atoms with van der Waals surface area (Å²) in [6, 6.07) is 3.68. The highest BCUT2D eigenvalue weighted by Crippen LogP contribution is 2.19. The molecule has 3 heterocycles. The number of hydrogen-bond donors (Lipinski definition) is 1. The van der Waals surface area contributed by atoms with Gasteiger partial charge in [-0.2, -0.15) is 4.98 Å². The van der Waals surface area contributed by atoms with E-state index in [9.17, 15) is 0 Å². The molecule has 0 bridgehead atoms. The molecule has 0 saturated carbocycles. The van der Waals surface area contributed by atoms with Crippen LogP contribution in [0.2, 0.25) is 0 Å². The van der Waals surface area contributed by atoms with Gasteiger partial charge in [-0.1, -0.05) is 0 Å². The van der Waals surface area contributed by atoms with Crippen LogP contribution < -0.4 is 10.1 Å². The van der Waals surface area contributed by atoms with E-state index >= 15 is 0 Å². The Bertz CT molecular complexity index is 660. The number of furan rings is 1. The maximum absolute atomic E-state index is 5.68. The molecule has 0 aliphatic heterocycles. The lowest BCUT2D eigenvalue weighted by Gasteiger charge is -2.08. The molecule has 98 valence electrons. The van der Waals surface area contributed by atoms with Crippen molar-refractivity contribution in [3.05, 3.63) is 42.7 Å². The van der Waals surface area contributed by atoms with Crippen LogP contribution in [0.25, 0.3) is 5.65 Å². The molecule has 19 heavy (non-hydrogen) atoms. The molecule has 0 atom stereocenters. The normalized spacial score (nSPS) is 10.8. The van der Waals surface area contributed by atoms with E-state index in [2.05, 4.69) is 15.3 Å². The number of anilines is 1. The fourth-order valence-corrected chi connectivity index (χ4v) is 1.80. The topological polar surface area (TPSA) is 64.6 Å². The second-order valence-electron chi connectivity index (χ2n) is 3.99. The Labute approximate surface area is 110 Å². The van der Waals surface area contributed by atoms with Crippen LogP contribution in [0.5, 0.6) is 5.88 Å². The summed E-state index contributed by atoms with van der Waals surface area (Å²) < 4.78 is 12.8. The van der Waals surface area contributed by atoms with Crippen molar-refractivity contribution < 1.29 is 9.15 Å². The monoisotopic (exact) mass is 258 g/mol. The second kappa shape index (κ2) is 5.01. The lowest BCUT2D eigenvalue weighted by molar-refractivity contribution is 0.262. The van der Waals surface area contributed by atoms with Crippen LogP contribution in [0.4, 0.5) is 5.82 Å². The van der Waals surface area contributed by atoms with Crippen molar-refractivity contribution in [3.8, 4) is 5.88 Å². The van der Waals surface area contributed by atoms with E-state index in [4.69, 9.17) is 9.15 Å². The predicted molar refractivity (Wildman–Crippen MR) is 70.2 cm³/mol. The number of ether oxygens (including phenoxy) is 1. The zero-order valence-corrected chi connectivity index (χ0v) is 10.5. The third-order valence-electron chi connectivity index (χ3n) is 2.63. The molecule has 0 aliphatic carbocycles. The Balaban J connectivity index is 1.89. The number of aromatic nitrogens is 3. The second-order valence-corrected chi connectivity index (χ2v) is 3.99. The van der Waals surface area contributed by atoms with E-state index in [1.54, 1.807) is 12.5 Å². The summed E-state index contributed by atoms with van der Waals surface area (Å²) in [5.74, 6) is 1.99. The molecule has 3 aromatic heterocycles. The molecule has 3 rings (SSSR count). The molecule has 3 aromatic rings. The standard InChI is InChI=1S/C13H14N4O2/c1-2-14-11-8-17-6-5-15-12(17)13(16-11)19-9-10-4-3-7-18-10/h3-8,14H,2,9H2,1H3. The molecular formula is C13H14N4O2. The number of rotatable bonds is 5. The van der Waals surface area contributed by atoms with E-state index in [0.717, 1.165) is 18.1 Å². The smallest absolute Gasteiger partial charge is 0.260 e. The van der Waals surface area contributed by atoms with Gasteiger partial charge in [-0.15, -0.1) is 0 Å². The van der Waals surface area contributed by atoms with Crippen LogP contribution in [0.15, 0.2) is 41.4 Å². The summed E-state index contributed by atoms with van der Waals surface area (Å²) in [7, 11) is 0. The number of imidazole rings is 1. The predicted octanol–water partition coefficient (Wildman–Crippen LogP) is 2.33. The van der Waals surface area contributed by atoms with E-state index in [1.807, 2.05) is 35.9 Å². The average molecular weight is 258 g/mol. The first-order valence-corrected chi connectivity index (χ1v) is 6.09. The fraction of sp³-hybridized carbons (Fsp3) is 0.231. The molecule has 0 aliphatic rings. The van der Waals surface area contributed by atoms with Gasteiger partial charge >= 0.3 is 0 Å². The Morgan fingerprint density at radius 2 is 2.42 bits per heavy atom. The molecule has 0 spiro atoms. The van der Waals surface area contributed by atoms with Gasteiger partial charge in [-0.05, 0) is 19.1 Å². The first-order valence-electron chi connectivity index (χ1n) is 6.09. The van der Waals surface area contributed by atoms with Crippen molar-refractivity contribution in [1.82, 2.24) is 14.4 Å². The van der Waals surface area contributed by atoms with Crippen LogP contribution in [0, 0.1) is 0 Å². The molecule has 0 radical (unpaired) electrons. The fourth-order valence-electron chi connectivity index (χ4n) is 1.80. The molecule has 0 fully saturated rings. The van der Waals surface area contributed by atoms with Crippen LogP contribution in [0.1, 0.15) is 12.7 Å². The van der Waals surface area contributed by atoms with Gasteiger partial charge in [0.1, 0.15) is 18.2 Å². The van der Waals surface area contributed by atoms with Gasteiger partial charge in [0, 0.05) is 18.9 Å². The molecule has 6 heteroatoms. The summed E-state index contributed by atoms with van der Waals surface area (Å²) in [6.07, 6.45) is 7.07. The van der Waals surface area contributed by atoms with Gasteiger partial charge in [0.2, 0.25) is 5.65 Å². The van der Waals surface area contributed by atoms with Gasteiger partial charge in [0.05, 0.1) is 12.5 Å². The SMILES string of the molecule is CCNc1cn2ccnc2c(OCc2ccco2)n1. The molecule has 0 saturated heterocycles. The molecular weight excluding hydrogens is 244 g/mol. The maximum atomic E-state index is 5.68. The highest BCUT2D eigenvalue weighted by Gasteiger charge is 2.09. The minimum absolute atomic E-state index is 0.331. The van der Waals surface area contributed by atoms with E-state index in [1.165, 1.54) is 0 Å². The summed E-state index contributed by atoms with van der Waals surface area (Å²) in [5.41, 5.74) is 0.688. The van der Waals surface area contributed by atoms with Crippen molar-refractivity contribution in [2.75, 3.05) is 11.9 Å². The van der Waals surface area contributed by atoms with Gasteiger partial charge in [0.25, 0.3) is 5.88 Å². The summed E-state index contributed by atoms with van der Waals surface area (Å²) in [4.78, 5) is 8.64. The van der Waals surface area contributed by atoms with E-state index < -0.39 is 0 Å². The van der Waals surface area contributed by atoms with Gasteiger partial charge in [-0.25, -0.2) is 4.98 Å². The summed E-state index contributed by atoms with van der Waals surface area (Å²) in [6.45, 7) is 3.14. The lowest BCUT2D eigenvalue weighted by Crippen LogP contribution is -2.05. The summed E-state index contributed by atoms with van der Waals surface area (Å²) in [5, 5.41) is 3.16. The third-order valence-corrected chi connectivity index (χ3v) is 2.63. The van der Waals surface area contributed by atoms with Gasteiger partial charge in [0.15, 0.2) is 0 Å². The minimum Gasteiger partial charge on any atom is -0.467 e. The van der Waals surface area contributed by atoms with Crippen molar-refractivity contribution in [2.24, 2.45) is 0 Å². The number of fused-ring (bicyclic) bond motifs is 1. The first-order chi connectivity index (χ1) is 9.36. The zero-order valence-electron chi connectivity index (χ0n) is 10.5. The molecule has 6 nitrogen and oxygen atoms in total. The average Bonchev–Trinajstić information content (AvgIpc) is 3.07. The quantitative estimate of drug-likeness (QED) is 0.761. The van der Waals surface area contributed by atoms with Crippen molar-refractivity contribution in [2.45, 2.75) is 13.5 Å². The number of nitrogens with zero attached hydrogens (tertiary/aromatic N) is 3. The Morgan fingerprint density at radius 3 is 3.21 bits per heavy atom. The van der Waals surface area contributed by atoms with Gasteiger partial charge in [-0.3, -0.25) is 4.40 Å². The highest BCUT2D eigenvalue weighted by atomic mass is 16.5. The molecule has 0 unspecified atom stereocenters. The van der Waals surface area contributed by atoms with Crippen LogP contribution in [0.3, 0.4) is 0 Å². The number of nitrogens with one attached hydrogen (secondary N) is 1.